The van der Waals surface area contributed by atoms with Crippen molar-refractivity contribution in [1.29, 1.82) is 0 Å². The minimum atomic E-state index is -4.89. The Balaban J connectivity index is 2.85. The first-order valence-corrected chi connectivity index (χ1v) is 5.79. The molecule has 7 heteroatoms. The number of benzene rings is 1. The normalized spacial score (nSPS) is 12.8. The Morgan fingerprint density at radius 2 is 1.85 bits per heavy atom. The first-order valence-electron chi connectivity index (χ1n) is 5.79. The van der Waals surface area contributed by atoms with Gasteiger partial charge in [-0.2, -0.15) is 0 Å². The molecule has 0 spiro atoms. The summed E-state index contributed by atoms with van der Waals surface area (Å²) in [5.74, 6) is -2.70. The number of carbonyl (C=O) groups excluding carboxylic acids is 1. The van der Waals surface area contributed by atoms with E-state index in [-0.39, 0.29) is 18.4 Å². The second-order valence-corrected chi connectivity index (χ2v) is 4.37. The molecule has 0 aliphatic rings. The fourth-order valence-corrected chi connectivity index (χ4v) is 1.71. The molecule has 0 fully saturated rings. The first kappa shape index (κ1) is 16.0. The third-order valence-corrected chi connectivity index (χ3v) is 2.47. The van der Waals surface area contributed by atoms with Gasteiger partial charge in [-0.3, -0.25) is 9.59 Å². The average molecular weight is 290 g/mol. The molecular formula is C13H13F3O4. The zero-order chi connectivity index (χ0) is 15.3. The van der Waals surface area contributed by atoms with Gasteiger partial charge in [-0.05, 0) is 18.1 Å². The van der Waals surface area contributed by atoms with Gasteiger partial charge >= 0.3 is 12.3 Å². The van der Waals surface area contributed by atoms with Gasteiger partial charge in [-0.15, -0.1) is 13.2 Å². The monoisotopic (exact) mass is 290 g/mol. The van der Waals surface area contributed by atoms with Crippen molar-refractivity contribution in [1.82, 2.24) is 0 Å². The van der Waals surface area contributed by atoms with Crippen LogP contribution >= 0.6 is 0 Å². The number of carbonyl (C=O) groups is 2. The van der Waals surface area contributed by atoms with Crippen LogP contribution in [0.1, 0.15) is 30.1 Å². The SMILES string of the molecule is CC(CC(=O)O)CC(=O)c1ccccc1OC(F)(F)F. The molecular weight excluding hydrogens is 277 g/mol. The summed E-state index contributed by atoms with van der Waals surface area (Å²) in [5.41, 5.74) is -0.206. The number of hydrogen-bond donors (Lipinski definition) is 1. The van der Waals surface area contributed by atoms with Crippen LogP contribution in [-0.2, 0) is 4.79 Å². The van der Waals surface area contributed by atoms with E-state index < -0.39 is 29.8 Å². The number of hydrogen-bond acceptors (Lipinski definition) is 3. The molecule has 0 aromatic heterocycles. The first-order chi connectivity index (χ1) is 9.19. The molecule has 0 amide bonds. The topological polar surface area (TPSA) is 63.6 Å². The number of para-hydroxylation sites is 1. The van der Waals surface area contributed by atoms with E-state index in [2.05, 4.69) is 4.74 Å². The molecule has 110 valence electrons. The summed E-state index contributed by atoms with van der Waals surface area (Å²) in [5, 5.41) is 8.59. The Kier molecular flexibility index (Phi) is 5.12. The number of rotatable bonds is 6. The third kappa shape index (κ3) is 5.29. The highest BCUT2D eigenvalue weighted by Gasteiger charge is 2.32. The summed E-state index contributed by atoms with van der Waals surface area (Å²) in [4.78, 5) is 22.4. The summed E-state index contributed by atoms with van der Waals surface area (Å²) in [6, 6.07) is 5.00. The lowest BCUT2D eigenvalue weighted by atomic mass is 9.97. The van der Waals surface area contributed by atoms with Crippen LogP contribution in [0.25, 0.3) is 0 Å². The number of ketones is 1. The maximum absolute atomic E-state index is 12.2. The van der Waals surface area contributed by atoms with Crippen LogP contribution in [0.3, 0.4) is 0 Å². The van der Waals surface area contributed by atoms with Crippen LogP contribution in [0.15, 0.2) is 24.3 Å². The van der Waals surface area contributed by atoms with Gasteiger partial charge in [0.25, 0.3) is 0 Å². The summed E-state index contributed by atoms with van der Waals surface area (Å²) in [6.07, 6.45) is -5.28. The van der Waals surface area contributed by atoms with Gasteiger partial charge in [0.2, 0.25) is 0 Å². The van der Waals surface area contributed by atoms with Gasteiger partial charge < -0.3 is 9.84 Å². The van der Waals surface area contributed by atoms with E-state index >= 15 is 0 Å². The minimum Gasteiger partial charge on any atom is -0.481 e. The average Bonchev–Trinajstić information content (AvgIpc) is 2.25. The Bertz CT molecular complexity index is 497. The van der Waals surface area contributed by atoms with Crippen LogP contribution in [0, 0.1) is 5.92 Å². The number of carboxylic acids is 1. The van der Waals surface area contributed by atoms with E-state index in [1.807, 2.05) is 0 Å². The molecule has 1 rings (SSSR count). The van der Waals surface area contributed by atoms with Crippen molar-refractivity contribution in [2.45, 2.75) is 26.1 Å². The van der Waals surface area contributed by atoms with E-state index in [1.165, 1.54) is 18.2 Å². The lowest BCUT2D eigenvalue weighted by Gasteiger charge is -2.13. The van der Waals surface area contributed by atoms with E-state index in [0.717, 1.165) is 6.07 Å². The summed E-state index contributed by atoms with van der Waals surface area (Å²) >= 11 is 0. The molecule has 0 heterocycles. The molecule has 0 aliphatic carbocycles. The van der Waals surface area contributed by atoms with Crippen molar-refractivity contribution in [3.05, 3.63) is 29.8 Å². The molecule has 0 saturated carbocycles. The largest absolute Gasteiger partial charge is 0.573 e. The highest BCUT2D eigenvalue weighted by Crippen LogP contribution is 2.28. The molecule has 1 aromatic rings. The Morgan fingerprint density at radius 1 is 1.25 bits per heavy atom. The molecule has 20 heavy (non-hydrogen) atoms. The lowest BCUT2D eigenvalue weighted by molar-refractivity contribution is -0.274. The van der Waals surface area contributed by atoms with Crippen LogP contribution in [0.4, 0.5) is 13.2 Å². The third-order valence-electron chi connectivity index (χ3n) is 2.47. The van der Waals surface area contributed by atoms with Gasteiger partial charge in [0.05, 0.1) is 5.56 Å². The van der Waals surface area contributed by atoms with Crippen molar-refractivity contribution in [2.24, 2.45) is 5.92 Å². The number of carboxylic acid groups (broad SMARTS) is 1. The molecule has 0 aliphatic heterocycles. The van der Waals surface area contributed by atoms with Gasteiger partial charge in [0, 0.05) is 12.8 Å². The predicted molar refractivity (Wildman–Crippen MR) is 63.5 cm³/mol. The minimum absolute atomic E-state index is 0.162. The van der Waals surface area contributed by atoms with E-state index in [9.17, 15) is 22.8 Å². The smallest absolute Gasteiger partial charge is 0.481 e. The summed E-state index contributed by atoms with van der Waals surface area (Å²) < 4.78 is 40.4. The van der Waals surface area contributed by atoms with E-state index in [4.69, 9.17) is 5.11 Å². The molecule has 0 radical (unpaired) electrons. The van der Waals surface area contributed by atoms with Crippen molar-refractivity contribution in [3.8, 4) is 5.75 Å². The van der Waals surface area contributed by atoms with Crippen molar-refractivity contribution in [2.75, 3.05) is 0 Å². The van der Waals surface area contributed by atoms with Crippen LogP contribution in [0.2, 0.25) is 0 Å². The number of aliphatic carboxylic acids is 1. The van der Waals surface area contributed by atoms with Crippen LogP contribution < -0.4 is 4.74 Å². The number of alkyl halides is 3. The highest BCUT2D eigenvalue weighted by molar-refractivity contribution is 5.98. The molecule has 1 unspecified atom stereocenters. The van der Waals surface area contributed by atoms with E-state index in [0.29, 0.717) is 0 Å². The van der Waals surface area contributed by atoms with Gasteiger partial charge in [-0.25, -0.2) is 0 Å². The zero-order valence-electron chi connectivity index (χ0n) is 10.6. The van der Waals surface area contributed by atoms with Gasteiger partial charge in [0.15, 0.2) is 5.78 Å². The predicted octanol–water partition coefficient (Wildman–Crippen LogP) is 3.27. The Hall–Kier alpha value is -2.05. The summed E-state index contributed by atoms with van der Waals surface area (Å²) in [6.45, 7) is 1.54. The molecule has 0 saturated heterocycles. The van der Waals surface area contributed by atoms with E-state index in [1.54, 1.807) is 6.92 Å². The van der Waals surface area contributed by atoms with Gasteiger partial charge in [0.1, 0.15) is 5.75 Å². The standard InChI is InChI=1S/C13H13F3O4/c1-8(7-12(18)19)6-10(17)9-4-2-3-5-11(9)20-13(14,15)16/h2-5,8H,6-7H2,1H3,(H,18,19). The Morgan fingerprint density at radius 3 is 2.40 bits per heavy atom. The molecule has 0 bridgehead atoms. The molecule has 1 atom stereocenters. The highest BCUT2D eigenvalue weighted by atomic mass is 19.4. The van der Waals surface area contributed by atoms with Crippen molar-refractivity contribution < 1.29 is 32.6 Å². The van der Waals surface area contributed by atoms with Crippen molar-refractivity contribution in [3.63, 3.8) is 0 Å². The second kappa shape index (κ2) is 6.40. The summed E-state index contributed by atoms with van der Waals surface area (Å²) in [7, 11) is 0. The number of halogens is 3. The quantitative estimate of drug-likeness (QED) is 0.817. The lowest BCUT2D eigenvalue weighted by Crippen LogP contribution is -2.19. The van der Waals surface area contributed by atoms with Crippen molar-refractivity contribution >= 4 is 11.8 Å². The molecule has 1 aromatic carbocycles. The molecule has 4 nitrogen and oxygen atoms in total. The molecule has 1 N–H and O–H groups in total. The maximum Gasteiger partial charge on any atom is 0.573 e. The fourth-order valence-electron chi connectivity index (χ4n) is 1.71. The van der Waals surface area contributed by atoms with Crippen LogP contribution in [-0.4, -0.2) is 23.2 Å². The zero-order valence-corrected chi connectivity index (χ0v) is 10.6. The van der Waals surface area contributed by atoms with Crippen LogP contribution in [0.5, 0.6) is 5.75 Å². The maximum atomic E-state index is 12.2. The number of ether oxygens (including phenoxy) is 1. The second-order valence-electron chi connectivity index (χ2n) is 4.37. The number of Topliss-reactive ketones (excluding diaryl/α,β-unsaturated/α-hetero) is 1. The van der Waals surface area contributed by atoms with Gasteiger partial charge in [-0.1, -0.05) is 19.1 Å². The fraction of sp³-hybridized carbons (Fsp3) is 0.385. The Labute approximate surface area is 113 Å².